The van der Waals surface area contributed by atoms with Crippen molar-refractivity contribution in [2.45, 2.75) is 20.3 Å². The average Bonchev–Trinajstić information content (AvgIpc) is 1.96. The zero-order valence-corrected chi connectivity index (χ0v) is 8.87. The van der Waals surface area contributed by atoms with Crippen LogP contribution in [0.5, 0.6) is 11.5 Å². The number of benzene rings is 1. The summed E-state index contributed by atoms with van der Waals surface area (Å²) in [6, 6.07) is 4.96. The maximum Gasteiger partial charge on any atom is 3.00 e. The molecule has 0 bridgehead atoms. The minimum atomic E-state index is -0.0532. The monoisotopic (exact) mass is 222 g/mol. The second-order valence-corrected chi connectivity index (χ2v) is 3.42. The van der Waals surface area contributed by atoms with E-state index in [-0.39, 0.29) is 28.6 Å². The SMILES string of the molecule is CC(C)Cc1ccc(O)c(O)c1.[Fe+3]. The van der Waals surface area contributed by atoms with E-state index in [0.717, 1.165) is 12.0 Å². The number of hydrogen-bond donors (Lipinski definition) is 2. The summed E-state index contributed by atoms with van der Waals surface area (Å²) >= 11 is 0. The molecular formula is C10H14FeO2+3. The van der Waals surface area contributed by atoms with Gasteiger partial charge in [-0.3, -0.25) is 0 Å². The van der Waals surface area contributed by atoms with Crippen LogP contribution in [0.15, 0.2) is 18.2 Å². The molecule has 0 spiro atoms. The molecule has 0 aliphatic carbocycles. The molecule has 13 heavy (non-hydrogen) atoms. The predicted molar refractivity (Wildman–Crippen MR) is 48.3 cm³/mol. The fourth-order valence-electron chi connectivity index (χ4n) is 1.17. The van der Waals surface area contributed by atoms with Crippen molar-refractivity contribution in [2.24, 2.45) is 5.92 Å². The van der Waals surface area contributed by atoms with Gasteiger partial charge in [0.2, 0.25) is 0 Å². The maximum atomic E-state index is 9.16. The number of phenols is 2. The number of rotatable bonds is 2. The van der Waals surface area contributed by atoms with E-state index >= 15 is 0 Å². The Morgan fingerprint density at radius 2 is 1.77 bits per heavy atom. The van der Waals surface area contributed by atoms with Crippen LogP contribution in [0.3, 0.4) is 0 Å². The van der Waals surface area contributed by atoms with Crippen molar-refractivity contribution in [3.8, 4) is 11.5 Å². The van der Waals surface area contributed by atoms with E-state index in [1.54, 1.807) is 6.07 Å². The molecule has 0 atom stereocenters. The van der Waals surface area contributed by atoms with Gasteiger partial charge in [0.25, 0.3) is 0 Å². The Labute approximate surface area is 89.1 Å². The van der Waals surface area contributed by atoms with Crippen LogP contribution >= 0.6 is 0 Å². The number of phenolic OH excluding ortho intramolecular Hbond substituents is 2. The van der Waals surface area contributed by atoms with Crippen molar-refractivity contribution in [2.75, 3.05) is 0 Å². The fraction of sp³-hybridized carbons (Fsp3) is 0.400. The van der Waals surface area contributed by atoms with Gasteiger partial charge in [-0.25, -0.2) is 0 Å². The second kappa shape index (κ2) is 5.15. The summed E-state index contributed by atoms with van der Waals surface area (Å²) < 4.78 is 0. The van der Waals surface area contributed by atoms with Crippen molar-refractivity contribution >= 4 is 0 Å². The zero-order chi connectivity index (χ0) is 9.14. The van der Waals surface area contributed by atoms with Gasteiger partial charge in [-0.05, 0) is 30.0 Å². The molecule has 0 unspecified atom stereocenters. The molecule has 2 nitrogen and oxygen atoms in total. The summed E-state index contributed by atoms with van der Waals surface area (Å²) in [7, 11) is 0. The zero-order valence-electron chi connectivity index (χ0n) is 7.76. The van der Waals surface area contributed by atoms with E-state index in [9.17, 15) is 0 Å². The van der Waals surface area contributed by atoms with Crippen LogP contribution in [0, 0.1) is 5.92 Å². The minimum absolute atomic E-state index is 0. The van der Waals surface area contributed by atoms with Gasteiger partial charge < -0.3 is 10.2 Å². The van der Waals surface area contributed by atoms with Gasteiger partial charge in [-0.2, -0.15) is 0 Å². The van der Waals surface area contributed by atoms with Gasteiger partial charge in [0.05, 0.1) is 0 Å². The molecule has 0 amide bonds. The van der Waals surface area contributed by atoms with Crippen LogP contribution in [-0.4, -0.2) is 10.2 Å². The molecule has 0 aliphatic heterocycles. The summed E-state index contributed by atoms with van der Waals surface area (Å²) in [5.74, 6) is 0.476. The van der Waals surface area contributed by atoms with Crippen LogP contribution in [0.4, 0.5) is 0 Å². The standard InChI is InChI=1S/C10H14O2.Fe/c1-7(2)5-8-3-4-9(11)10(12)6-8;/h3-4,6-7,11-12H,5H2,1-2H3;/q;+3. The summed E-state index contributed by atoms with van der Waals surface area (Å²) in [5, 5.41) is 18.2. The van der Waals surface area contributed by atoms with Crippen molar-refractivity contribution in [3.05, 3.63) is 23.8 Å². The molecule has 0 fully saturated rings. The molecule has 2 N–H and O–H groups in total. The molecule has 0 saturated heterocycles. The molecule has 0 aliphatic rings. The Morgan fingerprint density at radius 3 is 2.23 bits per heavy atom. The van der Waals surface area contributed by atoms with Gasteiger partial charge >= 0.3 is 17.1 Å². The van der Waals surface area contributed by atoms with Crippen LogP contribution < -0.4 is 0 Å². The van der Waals surface area contributed by atoms with Gasteiger partial charge in [-0.15, -0.1) is 0 Å². The van der Waals surface area contributed by atoms with E-state index in [2.05, 4.69) is 13.8 Å². The minimum Gasteiger partial charge on any atom is -0.504 e. The second-order valence-electron chi connectivity index (χ2n) is 3.42. The number of aromatic hydroxyl groups is 2. The topological polar surface area (TPSA) is 40.5 Å². The molecule has 0 heterocycles. The van der Waals surface area contributed by atoms with Crippen LogP contribution in [-0.2, 0) is 23.5 Å². The molecule has 0 saturated carbocycles. The van der Waals surface area contributed by atoms with Crippen molar-refractivity contribution in [1.82, 2.24) is 0 Å². The Hall–Kier alpha value is -0.661. The van der Waals surface area contributed by atoms with Crippen LogP contribution in [0.25, 0.3) is 0 Å². The van der Waals surface area contributed by atoms with Gasteiger partial charge in [0.15, 0.2) is 11.5 Å². The first-order valence-corrected chi connectivity index (χ1v) is 4.10. The first kappa shape index (κ1) is 12.3. The Balaban J connectivity index is 0.00000144. The van der Waals surface area contributed by atoms with Crippen molar-refractivity contribution in [3.63, 3.8) is 0 Å². The summed E-state index contributed by atoms with van der Waals surface area (Å²) in [6.07, 6.45) is 0.924. The largest absolute Gasteiger partial charge is 3.00 e. The summed E-state index contributed by atoms with van der Waals surface area (Å²) in [5.41, 5.74) is 1.06. The van der Waals surface area contributed by atoms with Gasteiger partial charge in [0, 0.05) is 0 Å². The van der Waals surface area contributed by atoms with Crippen molar-refractivity contribution in [1.29, 1.82) is 0 Å². The van der Waals surface area contributed by atoms with E-state index in [1.807, 2.05) is 6.07 Å². The van der Waals surface area contributed by atoms with Gasteiger partial charge in [0.1, 0.15) is 0 Å². The molecule has 1 aromatic carbocycles. The molecule has 0 aromatic heterocycles. The van der Waals surface area contributed by atoms with Crippen LogP contribution in [0.1, 0.15) is 19.4 Å². The quantitative estimate of drug-likeness (QED) is 0.595. The maximum absolute atomic E-state index is 9.16. The predicted octanol–water partition coefficient (Wildman–Crippen LogP) is 2.29. The molecular weight excluding hydrogens is 208 g/mol. The van der Waals surface area contributed by atoms with E-state index in [0.29, 0.717) is 5.92 Å². The first-order valence-electron chi connectivity index (χ1n) is 4.10. The van der Waals surface area contributed by atoms with Gasteiger partial charge in [-0.1, -0.05) is 19.9 Å². The summed E-state index contributed by atoms with van der Waals surface area (Å²) in [4.78, 5) is 0. The average molecular weight is 222 g/mol. The molecule has 1 rings (SSSR count). The normalized spacial score (nSPS) is 9.77. The van der Waals surface area contributed by atoms with E-state index in [1.165, 1.54) is 6.07 Å². The third-order valence-corrected chi connectivity index (χ3v) is 1.68. The van der Waals surface area contributed by atoms with E-state index < -0.39 is 0 Å². The van der Waals surface area contributed by atoms with Crippen molar-refractivity contribution < 1.29 is 27.3 Å². The molecule has 3 heteroatoms. The molecule has 71 valence electrons. The molecule has 1 aromatic rings. The Morgan fingerprint density at radius 1 is 1.15 bits per heavy atom. The first-order chi connectivity index (χ1) is 5.59. The van der Waals surface area contributed by atoms with E-state index in [4.69, 9.17) is 10.2 Å². The molecule has 1 radical (unpaired) electrons. The van der Waals surface area contributed by atoms with Crippen LogP contribution in [0.2, 0.25) is 0 Å². The third-order valence-electron chi connectivity index (χ3n) is 1.68. The summed E-state index contributed by atoms with van der Waals surface area (Å²) in [6.45, 7) is 4.23. The third kappa shape index (κ3) is 3.70. The smallest absolute Gasteiger partial charge is 0.504 e. The number of hydrogen-bond acceptors (Lipinski definition) is 2. The Kier molecular flexibility index (Phi) is 4.89. The Bertz CT molecular complexity index is 272. The fourth-order valence-corrected chi connectivity index (χ4v) is 1.17.